The average molecular weight is 753 g/mol. The molecule has 2 atom stereocenters. The van der Waals surface area contributed by atoms with Gasteiger partial charge in [0.15, 0.2) is 28.9 Å². The molecule has 2 bridgehead atoms. The lowest BCUT2D eigenvalue weighted by atomic mass is 9.61. The van der Waals surface area contributed by atoms with Crippen molar-refractivity contribution in [3.8, 4) is 22.8 Å². The molecule has 4 aromatic heterocycles. The molecule has 0 amide bonds. The van der Waals surface area contributed by atoms with Gasteiger partial charge in [-0.2, -0.15) is 0 Å². The van der Waals surface area contributed by atoms with Crippen LogP contribution in [0.25, 0.3) is 34.0 Å². The van der Waals surface area contributed by atoms with E-state index < -0.39 is 17.3 Å². The van der Waals surface area contributed by atoms with Gasteiger partial charge in [0.2, 0.25) is 0 Å². The third-order valence-corrected chi connectivity index (χ3v) is 11.5. The van der Waals surface area contributed by atoms with Gasteiger partial charge in [0.1, 0.15) is 21.9 Å². The number of anilines is 1. The first-order valence-corrected chi connectivity index (χ1v) is 19.1. The maximum absolute atomic E-state index is 16.8. The van der Waals surface area contributed by atoms with Gasteiger partial charge in [-0.3, -0.25) is 4.79 Å². The number of rotatable bonds is 10. The van der Waals surface area contributed by atoms with Gasteiger partial charge in [-0.25, -0.2) is 24.3 Å². The molecule has 55 heavy (non-hydrogen) atoms. The number of ether oxygens (including phenoxy) is 1. The Morgan fingerprint density at radius 1 is 0.873 bits per heavy atom. The highest BCUT2D eigenvalue weighted by atomic mass is 35.5. The van der Waals surface area contributed by atoms with E-state index in [-0.39, 0.29) is 58.7 Å². The van der Waals surface area contributed by atoms with Gasteiger partial charge >= 0.3 is 5.97 Å². The predicted octanol–water partition coefficient (Wildman–Crippen LogP) is 9.56. The predicted molar refractivity (Wildman–Crippen MR) is 209 cm³/mol. The summed E-state index contributed by atoms with van der Waals surface area (Å²) in [7, 11) is 0. The number of nitrogens with zero attached hydrogens (tertiary/aromatic N) is 5. The lowest BCUT2D eigenvalue weighted by Crippen LogP contribution is -2.52. The molecule has 1 N–H and O–H groups in total. The summed E-state index contributed by atoms with van der Waals surface area (Å²) < 4.78 is 30.2. The van der Waals surface area contributed by atoms with Gasteiger partial charge in [-0.15, -0.1) is 0 Å². The van der Waals surface area contributed by atoms with Crippen LogP contribution in [0.3, 0.4) is 0 Å². The van der Waals surface area contributed by atoms with Crippen LogP contribution >= 0.6 is 11.6 Å². The fourth-order valence-corrected chi connectivity index (χ4v) is 9.10. The summed E-state index contributed by atoms with van der Waals surface area (Å²) in [5.41, 5.74) is 3.37. The molecule has 0 unspecified atom stereocenters. The topological polar surface area (TPSA) is 108 Å². The van der Waals surface area contributed by atoms with Gasteiger partial charge in [0, 0.05) is 12.2 Å². The van der Waals surface area contributed by atoms with Crippen molar-refractivity contribution < 1.29 is 18.3 Å². The van der Waals surface area contributed by atoms with Gasteiger partial charge < -0.3 is 19.0 Å². The Balaban J connectivity index is 1.29. The Morgan fingerprint density at radius 3 is 2.07 bits per heavy atom. The van der Waals surface area contributed by atoms with Crippen molar-refractivity contribution in [3.63, 3.8) is 0 Å². The fraction of sp³-hybridized carbons (Fsp3) is 0.250. The molecule has 9 nitrogen and oxygen atoms in total. The van der Waals surface area contributed by atoms with Crippen LogP contribution < -0.4 is 5.32 Å². The summed E-state index contributed by atoms with van der Waals surface area (Å²) in [4.78, 5) is 32.9. The van der Waals surface area contributed by atoms with E-state index in [2.05, 4.69) is 46.3 Å². The summed E-state index contributed by atoms with van der Waals surface area (Å²) in [6.45, 7) is 2.08. The first-order chi connectivity index (χ1) is 27.0. The van der Waals surface area contributed by atoms with Gasteiger partial charge in [-0.1, -0.05) is 103 Å². The summed E-state index contributed by atoms with van der Waals surface area (Å²) in [5, 5.41) is 3.63. The Hall–Kier alpha value is -5.87. The smallest absolute Gasteiger partial charge is 0.311 e. The summed E-state index contributed by atoms with van der Waals surface area (Å²) in [5.74, 6) is -0.633. The number of benzene rings is 3. The van der Waals surface area contributed by atoms with Crippen LogP contribution in [0.1, 0.15) is 49.3 Å². The number of halogens is 2. The number of furan rings is 1. The van der Waals surface area contributed by atoms with Gasteiger partial charge in [0.25, 0.3) is 0 Å². The molecular weight excluding hydrogens is 715 g/mol. The minimum atomic E-state index is -0.973. The fourth-order valence-electron chi connectivity index (χ4n) is 8.97. The van der Waals surface area contributed by atoms with Crippen LogP contribution in [0.4, 0.5) is 10.2 Å². The molecule has 3 fully saturated rings. The number of nitrogens with one attached hydrogen (secondary N) is 1. The molecule has 0 spiro atoms. The van der Waals surface area contributed by atoms with E-state index in [1.165, 1.54) is 12.5 Å². The third-order valence-electron chi connectivity index (χ3n) is 11.3. The monoisotopic (exact) mass is 752 g/mol. The number of fused-ring (bicyclic) bond motifs is 4. The molecule has 3 aliphatic rings. The quantitative estimate of drug-likeness (QED) is 0.109. The summed E-state index contributed by atoms with van der Waals surface area (Å²) in [6, 6.07) is 33.6. The van der Waals surface area contributed by atoms with Crippen LogP contribution in [-0.2, 0) is 15.1 Å². The standard InChI is InChI=1S/C44H38ClFN6O3/c1-2-54-43(53)35-27-20-22-28(23-21-27)37(35)49-41-36(46)39(33-19-12-24-55-33)50-40(51-41)32-26-52(42-38(32)47-25-34(45)48-42)44(29-13-6-3-7-14-29,30-15-8-4-9-16-30)31-17-10-5-11-18-31/h3-19,24-28,35,37H,2,20-23H2,1H3,(H,49,50,51)/t27?,28?,35-,37-/m0/s1. The van der Waals surface area contributed by atoms with E-state index in [9.17, 15) is 4.79 Å². The van der Waals surface area contributed by atoms with Crippen molar-refractivity contribution in [2.75, 3.05) is 11.9 Å². The largest absolute Gasteiger partial charge is 0.466 e. The van der Waals surface area contributed by atoms with Crippen molar-refractivity contribution in [2.45, 2.75) is 44.2 Å². The van der Waals surface area contributed by atoms with Crippen molar-refractivity contribution in [1.29, 1.82) is 0 Å². The second kappa shape index (κ2) is 14.4. The summed E-state index contributed by atoms with van der Waals surface area (Å²) >= 11 is 6.65. The van der Waals surface area contributed by atoms with Crippen molar-refractivity contribution in [2.24, 2.45) is 17.8 Å². The molecule has 0 saturated heterocycles. The molecule has 7 aromatic rings. The number of hydrogen-bond donors (Lipinski definition) is 1. The Labute approximate surface area is 322 Å². The SMILES string of the molecule is CCOC(=O)[C@H]1C2CCC(CC2)[C@@H]1Nc1nc(-c2cn(C(c3ccccc3)(c3ccccc3)c3ccccc3)c3nc(Cl)cnc23)nc(-c2ccco2)c1F. The molecule has 0 aliphatic heterocycles. The van der Waals surface area contributed by atoms with Crippen molar-refractivity contribution >= 4 is 34.6 Å². The Morgan fingerprint density at radius 2 is 1.49 bits per heavy atom. The molecule has 4 heterocycles. The highest BCUT2D eigenvalue weighted by molar-refractivity contribution is 6.29. The van der Waals surface area contributed by atoms with E-state index >= 15 is 4.39 Å². The molecule has 10 rings (SSSR count). The normalized spacial score (nSPS) is 19.4. The number of carbonyl (C=O) groups excluding carboxylic acids is 1. The third kappa shape index (κ3) is 5.96. The number of carbonyl (C=O) groups is 1. The van der Waals surface area contributed by atoms with E-state index in [0.29, 0.717) is 16.7 Å². The lowest BCUT2D eigenvalue weighted by molar-refractivity contribution is -0.154. The zero-order valence-electron chi connectivity index (χ0n) is 30.1. The lowest BCUT2D eigenvalue weighted by Gasteiger charge is -2.47. The van der Waals surface area contributed by atoms with Crippen molar-refractivity contribution in [3.05, 3.63) is 149 Å². The molecule has 11 heteroatoms. The maximum Gasteiger partial charge on any atom is 0.311 e. The molecule has 3 aromatic carbocycles. The Kier molecular flexibility index (Phi) is 9.14. The summed E-state index contributed by atoms with van der Waals surface area (Å²) in [6.07, 6.45) is 8.66. The minimum absolute atomic E-state index is 0.0191. The number of aromatic nitrogens is 5. The second-order valence-electron chi connectivity index (χ2n) is 14.2. The van der Waals surface area contributed by atoms with Gasteiger partial charge in [-0.05, 0) is 73.3 Å². The first kappa shape index (κ1) is 34.9. The zero-order chi connectivity index (χ0) is 37.5. The highest BCUT2D eigenvalue weighted by Crippen LogP contribution is 2.48. The molecule has 3 saturated carbocycles. The minimum Gasteiger partial charge on any atom is -0.466 e. The van der Waals surface area contributed by atoms with Crippen LogP contribution in [-0.4, -0.2) is 43.1 Å². The Bertz CT molecular complexity index is 2360. The molecular formula is C44H38ClFN6O3. The van der Waals surface area contributed by atoms with Crippen LogP contribution in [0.15, 0.2) is 126 Å². The van der Waals surface area contributed by atoms with E-state index in [1.54, 1.807) is 12.1 Å². The second-order valence-corrected chi connectivity index (χ2v) is 14.6. The van der Waals surface area contributed by atoms with Crippen LogP contribution in [0.5, 0.6) is 0 Å². The molecule has 3 aliphatic carbocycles. The first-order valence-electron chi connectivity index (χ1n) is 18.7. The van der Waals surface area contributed by atoms with E-state index in [4.69, 9.17) is 40.7 Å². The number of esters is 1. The van der Waals surface area contributed by atoms with E-state index in [0.717, 1.165) is 42.4 Å². The zero-order valence-corrected chi connectivity index (χ0v) is 30.9. The highest BCUT2D eigenvalue weighted by Gasteiger charge is 2.48. The van der Waals surface area contributed by atoms with E-state index in [1.807, 2.05) is 67.7 Å². The number of hydrogen-bond acceptors (Lipinski definition) is 8. The molecule has 0 radical (unpaired) electrons. The average Bonchev–Trinajstić information content (AvgIpc) is 3.90. The van der Waals surface area contributed by atoms with Crippen LogP contribution in [0, 0.1) is 23.6 Å². The molecule has 276 valence electrons. The maximum atomic E-state index is 16.8. The van der Waals surface area contributed by atoms with Crippen LogP contribution in [0.2, 0.25) is 5.15 Å². The van der Waals surface area contributed by atoms with Gasteiger partial charge in [0.05, 0.1) is 30.5 Å². The van der Waals surface area contributed by atoms with Crippen molar-refractivity contribution in [1.82, 2.24) is 24.5 Å².